The molecule has 216 valence electrons. The van der Waals surface area contributed by atoms with Crippen LogP contribution in [-0.4, -0.2) is 45.5 Å². The van der Waals surface area contributed by atoms with Gasteiger partial charge in [-0.3, -0.25) is 4.79 Å². The molecule has 2 aliphatic rings. The van der Waals surface area contributed by atoms with Crippen molar-refractivity contribution in [3.8, 4) is 22.6 Å². The standard InChI is InChI=1S/C31H29ClF2O7/c1-18-25-23(41-31(18,17-35)19-8-4-3-5-9-19)16-21(33)28(32)27(25)26-20(30(36)37-2)11-12-22(29(26)34)38-14-15-40-24-10-6-7-13-39-24/h3-5,8-9,11-12,16-18,24H,6-7,10,13-15H2,1-2H3/t18-,24-,31-/m0/s1. The van der Waals surface area contributed by atoms with Gasteiger partial charge in [0.25, 0.3) is 0 Å². The zero-order valence-corrected chi connectivity index (χ0v) is 23.3. The van der Waals surface area contributed by atoms with Gasteiger partial charge in [-0.25, -0.2) is 13.6 Å². The number of benzene rings is 3. The van der Waals surface area contributed by atoms with Crippen molar-refractivity contribution in [1.29, 1.82) is 0 Å². The molecule has 3 aromatic rings. The minimum absolute atomic E-state index is 0.00720. The maximum atomic E-state index is 16.3. The molecule has 2 aliphatic heterocycles. The first-order valence-corrected chi connectivity index (χ1v) is 13.7. The Morgan fingerprint density at radius 3 is 2.59 bits per heavy atom. The Balaban J connectivity index is 1.58. The summed E-state index contributed by atoms with van der Waals surface area (Å²) in [4.78, 5) is 25.4. The van der Waals surface area contributed by atoms with Crippen molar-refractivity contribution in [3.63, 3.8) is 0 Å². The molecule has 5 rings (SSSR count). The van der Waals surface area contributed by atoms with Crippen LogP contribution in [0.4, 0.5) is 8.78 Å². The van der Waals surface area contributed by atoms with E-state index >= 15 is 8.78 Å². The first-order valence-electron chi connectivity index (χ1n) is 13.3. The van der Waals surface area contributed by atoms with Gasteiger partial charge in [0.05, 0.1) is 24.3 Å². The smallest absolute Gasteiger partial charge is 0.338 e. The lowest BCUT2D eigenvalue weighted by atomic mass is 9.78. The van der Waals surface area contributed by atoms with Crippen LogP contribution >= 0.6 is 11.6 Å². The van der Waals surface area contributed by atoms with Crippen molar-refractivity contribution < 1.29 is 42.1 Å². The van der Waals surface area contributed by atoms with Crippen molar-refractivity contribution in [1.82, 2.24) is 0 Å². The van der Waals surface area contributed by atoms with Crippen LogP contribution in [0.25, 0.3) is 11.1 Å². The largest absolute Gasteiger partial charge is 0.488 e. The Labute approximate surface area is 241 Å². The zero-order chi connectivity index (χ0) is 29.1. The molecule has 0 N–H and O–H groups in total. The highest BCUT2D eigenvalue weighted by Gasteiger charge is 2.50. The lowest BCUT2D eigenvalue weighted by molar-refractivity contribution is -0.165. The third-order valence-electron chi connectivity index (χ3n) is 7.52. The van der Waals surface area contributed by atoms with Crippen molar-refractivity contribution in [3.05, 3.63) is 81.9 Å². The normalized spacial score (nSPS) is 21.6. The van der Waals surface area contributed by atoms with Crippen LogP contribution in [0.2, 0.25) is 5.02 Å². The monoisotopic (exact) mass is 586 g/mol. The number of aldehydes is 1. The maximum Gasteiger partial charge on any atom is 0.338 e. The Morgan fingerprint density at radius 2 is 1.90 bits per heavy atom. The summed E-state index contributed by atoms with van der Waals surface area (Å²) >= 11 is 6.50. The van der Waals surface area contributed by atoms with E-state index in [4.69, 9.17) is 35.3 Å². The number of carbonyl (C=O) groups excluding carboxylic acids is 2. The molecule has 0 bridgehead atoms. The van der Waals surface area contributed by atoms with Gasteiger partial charge in [0, 0.05) is 40.8 Å². The molecule has 10 heteroatoms. The van der Waals surface area contributed by atoms with Crippen LogP contribution in [0.1, 0.15) is 53.6 Å². The molecule has 0 aromatic heterocycles. The van der Waals surface area contributed by atoms with Crippen LogP contribution in [-0.2, 0) is 24.6 Å². The van der Waals surface area contributed by atoms with Gasteiger partial charge in [0.1, 0.15) is 18.2 Å². The molecule has 1 saturated heterocycles. The predicted molar refractivity (Wildman–Crippen MR) is 146 cm³/mol. The average molecular weight is 587 g/mol. The number of halogens is 3. The number of hydrogen-bond donors (Lipinski definition) is 0. The minimum atomic E-state index is -1.54. The summed E-state index contributed by atoms with van der Waals surface area (Å²) in [7, 11) is 1.15. The van der Waals surface area contributed by atoms with E-state index < -0.39 is 34.1 Å². The molecule has 0 saturated carbocycles. The fourth-order valence-electron chi connectivity index (χ4n) is 5.43. The topological polar surface area (TPSA) is 80.3 Å². The highest BCUT2D eigenvalue weighted by Crippen LogP contribution is 2.56. The van der Waals surface area contributed by atoms with E-state index in [2.05, 4.69) is 0 Å². The van der Waals surface area contributed by atoms with Crippen molar-refractivity contribution in [2.45, 2.75) is 44.0 Å². The number of rotatable bonds is 9. The molecular formula is C31H29ClF2O7. The van der Waals surface area contributed by atoms with Gasteiger partial charge >= 0.3 is 5.97 Å². The van der Waals surface area contributed by atoms with E-state index in [0.717, 1.165) is 32.4 Å². The van der Waals surface area contributed by atoms with E-state index in [1.165, 1.54) is 12.1 Å². The van der Waals surface area contributed by atoms with E-state index in [1.807, 2.05) is 0 Å². The maximum absolute atomic E-state index is 16.3. The molecule has 0 spiro atoms. The SMILES string of the molecule is COC(=O)c1ccc(OCCO[C@H]2CCCCO2)c(F)c1-c1c(Cl)c(F)cc2c1[C@H](C)[C@@](C=O)(c1ccccc1)O2. The molecule has 2 heterocycles. The lowest BCUT2D eigenvalue weighted by Gasteiger charge is -2.28. The molecule has 1 fully saturated rings. The Morgan fingerprint density at radius 1 is 1.12 bits per heavy atom. The summed E-state index contributed by atoms with van der Waals surface area (Å²) in [5.41, 5.74) is -1.39. The summed E-state index contributed by atoms with van der Waals surface area (Å²) in [5.74, 6) is -3.67. The second-order valence-electron chi connectivity index (χ2n) is 9.87. The van der Waals surface area contributed by atoms with E-state index in [0.29, 0.717) is 18.5 Å². The number of carbonyl (C=O) groups is 2. The molecule has 3 atom stereocenters. The average Bonchev–Trinajstić information content (AvgIpc) is 3.29. The number of esters is 1. The number of fused-ring (bicyclic) bond motifs is 1. The third kappa shape index (κ3) is 5.29. The summed E-state index contributed by atoms with van der Waals surface area (Å²) in [6.45, 7) is 2.45. The summed E-state index contributed by atoms with van der Waals surface area (Å²) in [6.07, 6.45) is 3.03. The fraction of sp³-hybridized carbons (Fsp3) is 0.355. The lowest BCUT2D eigenvalue weighted by Crippen LogP contribution is -2.35. The molecule has 7 nitrogen and oxygen atoms in total. The number of methoxy groups -OCH3 is 1. The van der Waals surface area contributed by atoms with E-state index in [9.17, 15) is 9.59 Å². The van der Waals surface area contributed by atoms with E-state index in [-0.39, 0.29) is 53.3 Å². The summed E-state index contributed by atoms with van der Waals surface area (Å²) in [5, 5.41) is -0.437. The van der Waals surface area contributed by atoms with Crippen molar-refractivity contribution in [2.75, 3.05) is 26.9 Å². The van der Waals surface area contributed by atoms with Gasteiger partial charge in [0.15, 0.2) is 29.7 Å². The molecule has 0 aliphatic carbocycles. The van der Waals surface area contributed by atoms with Crippen molar-refractivity contribution in [2.24, 2.45) is 0 Å². The Bertz CT molecular complexity index is 1440. The molecule has 0 radical (unpaired) electrons. The predicted octanol–water partition coefficient (Wildman–Crippen LogP) is 6.58. The van der Waals surface area contributed by atoms with Gasteiger partial charge in [-0.1, -0.05) is 48.9 Å². The van der Waals surface area contributed by atoms with Gasteiger partial charge in [-0.2, -0.15) is 0 Å². The van der Waals surface area contributed by atoms with E-state index in [1.54, 1.807) is 37.3 Å². The first-order chi connectivity index (χ1) is 19.8. The third-order valence-corrected chi connectivity index (χ3v) is 7.89. The molecule has 41 heavy (non-hydrogen) atoms. The molecule has 0 amide bonds. The van der Waals surface area contributed by atoms with Crippen LogP contribution < -0.4 is 9.47 Å². The Kier molecular flexibility index (Phi) is 8.58. The van der Waals surface area contributed by atoms with Crippen LogP contribution in [0, 0.1) is 11.6 Å². The highest BCUT2D eigenvalue weighted by atomic mass is 35.5. The van der Waals surface area contributed by atoms with Crippen LogP contribution in [0.3, 0.4) is 0 Å². The van der Waals surface area contributed by atoms with Gasteiger partial charge in [-0.05, 0) is 31.4 Å². The first kappa shape index (κ1) is 29.0. The second-order valence-corrected chi connectivity index (χ2v) is 10.2. The quantitative estimate of drug-likeness (QED) is 0.159. The molecule has 0 unspecified atom stereocenters. The highest BCUT2D eigenvalue weighted by molar-refractivity contribution is 6.34. The molecular weight excluding hydrogens is 558 g/mol. The van der Waals surface area contributed by atoms with Gasteiger partial charge < -0.3 is 23.7 Å². The number of hydrogen-bond acceptors (Lipinski definition) is 7. The van der Waals surface area contributed by atoms with Gasteiger partial charge in [-0.15, -0.1) is 0 Å². The van der Waals surface area contributed by atoms with Crippen molar-refractivity contribution >= 4 is 23.9 Å². The minimum Gasteiger partial charge on any atom is -0.488 e. The van der Waals surface area contributed by atoms with Gasteiger partial charge in [0.2, 0.25) is 0 Å². The number of ether oxygens (including phenoxy) is 5. The second kappa shape index (κ2) is 12.1. The molecule has 3 aromatic carbocycles. The van der Waals surface area contributed by atoms with Crippen LogP contribution in [0.5, 0.6) is 11.5 Å². The van der Waals surface area contributed by atoms with Crippen LogP contribution in [0.15, 0.2) is 48.5 Å². The zero-order valence-electron chi connectivity index (χ0n) is 22.6. The Hall–Kier alpha value is -3.53. The fourth-order valence-corrected chi connectivity index (χ4v) is 5.68. The summed E-state index contributed by atoms with van der Waals surface area (Å²) < 4.78 is 59.5. The summed E-state index contributed by atoms with van der Waals surface area (Å²) in [6, 6.07) is 12.4.